The van der Waals surface area contributed by atoms with Crippen molar-refractivity contribution in [2.45, 2.75) is 56.5 Å². The van der Waals surface area contributed by atoms with E-state index in [-0.39, 0.29) is 29.0 Å². The number of hydrogen-bond donors (Lipinski definition) is 1. The number of likely N-dealkylation sites (tertiary alicyclic amines) is 2. The minimum absolute atomic E-state index is 0.0121. The summed E-state index contributed by atoms with van der Waals surface area (Å²) in [4.78, 5) is 30.0. The zero-order valence-electron chi connectivity index (χ0n) is 14.2. The van der Waals surface area contributed by atoms with Gasteiger partial charge in [-0.3, -0.25) is 9.59 Å². The fourth-order valence-corrected chi connectivity index (χ4v) is 4.61. The zero-order valence-corrected chi connectivity index (χ0v) is 15.0. The number of piperidine rings is 1. The van der Waals surface area contributed by atoms with E-state index in [2.05, 4.69) is 0 Å². The summed E-state index contributed by atoms with van der Waals surface area (Å²) in [5, 5.41) is 9.78. The van der Waals surface area contributed by atoms with Crippen LogP contribution < -0.4 is 0 Å². The standard InChI is InChI=1S/C19H23ClN2O3/c20-15-11-13(3-6-16(15)23)12-17(24)22-10-2-8-19(22)7-1-9-21(18(19)25)14-4-5-14/h3,6,11,14,23H,1-2,4-5,7-10,12H2. The molecule has 1 spiro atoms. The van der Waals surface area contributed by atoms with Crippen LogP contribution in [0.15, 0.2) is 18.2 Å². The van der Waals surface area contributed by atoms with Crippen LogP contribution in [0.1, 0.15) is 44.1 Å². The maximum Gasteiger partial charge on any atom is 0.248 e. The van der Waals surface area contributed by atoms with Crippen LogP contribution in [0.2, 0.25) is 5.02 Å². The fourth-order valence-electron chi connectivity index (χ4n) is 4.41. The quantitative estimate of drug-likeness (QED) is 0.899. The summed E-state index contributed by atoms with van der Waals surface area (Å²) >= 11 is 5.95. The molecule has 2 aliphatic heterocycles. The first-order chi connectivity index (χ1) is 12.0. The van der Waals surface area contributed by atoms with Crippen LogP contribution in [0.5, 0.6) is 5.75 Å². The van der Waals surface area contributed by atoms with Gasteiger partial charge in [-0.05, 0) is 56.2 Å². The SMILES string of the molecule is O=C(Cc1ccc(O)c(Cl)c1)N1CCCC12CCCN(C1CC1)C2=O. The van der Waals surface area contributed by atoms with Gasteiger partial charge in [-0.2, -0.15) is 0 Å². The van der Waals surface area contributed by atoms with Crippen molar-refractivity contribution in [1.82, 2.24) is 9.80 Å². The molecule has 1 saturated carbocycles. The van der Waals surface area contributed by atoms with E-state index < -0.39 is 5.54 Å². The zero-order chi connectivity index (χ0) is 17.6. The number of phenols is 1. The first kappa shape index (κ1) is 16.7. The number of aromatic hydroxyl groups is 1. The second kappa shape index (κ2) is 6.20. The number of halogens is 1. The van der Waals surface area contributed by atoms with Gasteiger partial charge >= 0.3 is 0 Å². The van der Waals surface area contributed by atoms with Gasteiger partial charge in [0.1, 0.15) is 11.3 Å². The molecule has 0 bridgehead atoms. The summed E-state index contributed by atoms with van der Waals surface area (Å²) in [5.41, 5.74) is 0.135. The number of hydrogen-bond acceptors (Lipinski definition) is 3. The van der Waals surface area contributed by atoms with Crippen molar-refractivity contribution in [3.63, 3.8) is 0 Å². The Bertz CT molecular complexity index is 719. The third-order valence-electron chi connectivity index (χ3n) is 5.79. The molecule has 2 amide bonds. The Hall–Kier alpha value is -1.75. The van der Waals surface area contributed by atoms with Crippen LogP contribution in [0.3, 0.4) is 0 Å². The number of amides is 2. The van der Waals surface area contributed by atoms with Crippen LogP contribution in [-0.4, -0.2) is 51.4 Å². The van der Waals surface area contributed by atoms with Gasteiger partial charge in [-0.25, -0.2) is 0 Å². The average Bonchev–Trinajstić information content (AvgIpc) is 3.34. The molecule has 3 aliphatic rings. The Morgan fingerprint density at radius 3 is 2.64 bits per heavy atom. The predicted octanol–water partition coefficient (Wildman–Crippen LogP) is 2.73. The first-order valence-electron chi connectivity index (χ1n) is 9.10. The molecule has 1 aliphatic carbocycles. The number of phenolic OH excluding ortho intramolecular Hbond substituents is 1. The van der Waals surface area contributed by atoms with E-state index in [1.54, 1.807) is 12.1 Å². The second-order valence-electron chi connectivity index (χ2n) is 7.48. The predicted molar refractivity (Wildman–Crippen MR) is 94.5 cm³/mol. The monoisotopic (exact) mass is 362 g/mol. The summed E-state index contributed by atoms with van der Waals surface area (Å²) in [6, 6.07) is 5.24. The Balaban J connectivity index is 1.54. The highest BCUT2D eigenvalue weighted by Gasteiger charge is 2.54. The molecule has 3 fully saturated rings. The minimum atomic E-state index is -0.626. The number of rotatable bonds is 3. The largest absolute Gasteiger partial charge is 0.506 e. The Morgan fingerprint density at radius 2 is 1.96 bits per heavy atom. The highest BCUT2D eigenvalue weighted by molar-refractivity contribution is 6.32. The number of carbonyl (C=O) groups excluding carboxylic acids is 2. The molecule has 25 heavy (non-hydrogen) atoms. The third kappa shape index (κ3) is 2.88. The highest BCUT2D eigenvalue weighted by Crippen LogP contribution is 2.42. The first-order valence-corrected chi connectivity index (χ1v) is 9.48. The average molecular weight is 363 g/mol. The van der Waals surface area contributed by atoms with Crippen molar-refractivity contribution in [3.8, 4) is 5.75 Å². The molecule has 5 nitrogen and oxygen atoms in total. The van der Waals surface area contributed by atoms with E-state index in [1.807, 2.05) is 9.80 Å². The number of benzene rings is 1. The van der Waals surface area contributed by atoms with Crippen LogP contribution in [0.4, 0.5) is 0 Å². The van der Waals surface area contributed by atoms with Crippen molar-refractivity contribution < 1.29 is 14.7 Å². The maximum absolute atomic E-state index is 13.2. The van der Waals surface area contributed by atoms with Gasteiger partial charge in [0.05, 0.1) is 11.4 Å². The molecule has 2 saturated heterocycles. The Morgan fingerprint density at radius 1 is 1.24 bits per heavy atom. The van der Waals surface area contributed by atoms with Crippen molar-refractivity contribution in [2.75, 3.05) is 13.1 Å². The molecule has 134 valence electrons. The molecule has 0 radical (unpaired) electrons. The van der Waals surface area contributed by atoms with Gasteiger partial charge in [0.15, 0.2) is 0 Å². The molecule has 0 aromatic heterocycles. The molecular formula is C19H23ClN2O3. The van der Waals surface area contributed by atoms with Crippen molar-refractivity contribution in [3.05, 3.63) is 28.8 Å². The van der Waals surface area contributed by atoms with E-state index in [0.29, 0.717) is 12.6 Å². The van der Waals surface area contributed by atoms with Crippen LogP contribution in [0, 0.1) is 0 Å². The molecule has 1 N–H and O–H groups in total. The highest BCUT2D eigenvalue weighted by atomic mass is 35.5. The van der Waals surface area contributed by atoms with Crippen molar-refractivity contribution in [2.24, 2.45) is 0 Å². The topological polar surface area (TPSA) is 60.9 Å². The minimum Gasteiger partial charge on any atom is -0.506 e. The summed E-state index contributed by atoms with van der Waals surface area (Å²) in [7, 11) is 0. The molecule has 4 rings (SSSR count). The molecule has 2 heterocycles. The smallest absolute Gasteiger partial charge is 0.248 e. The lowest BCUT2D eigenvalue weighted by atomic mass is 9.85. The van der Waals surface area contributed by atoms with E-state index in [0.717, 1.165) is 50.6 Å². The second-order valence-corrected chi connectivity index (χ2v) is 7.88. The van der Waals surface area contributed by atoms with Crippen LogP contribution in [0.25, 0.3) is 0 Å². The van der Waals surface area contributed by atoms with Gasteiger partial charge in [-0.1, -0.05) is 17.7 Å². The molecule has 1 atom stereocenters. The lowest BCUT2D eigenvalue weighted by molar-refractivity contribution is -0.155. The normalized spacial score (nSPS) is 26.5. The molecule has 1 aromatic carbocycles. The van der Waals surface area contributed by atoms with E-state index in [1.165, 1.54) is 6.07 Å². The van der Waals surface area contributed by atoms with E-state index in [4.69, 9.17) is 11.6 Å². The van der Waals surface area contributed by atoms with E-state index >= 15 is 0 Å². The van der Waals surface area contributed by atoms with Gasteiger partial charge in [-0.15, -0.1) is 0 Å². The lowest BCUT2D eigenvalue weighted by Crippen LogP contribution is -2.62. The third-order valence-corrected chi connectivity index (χ3v) is 6.10. The van der Waals surface area contributed by atoms with E-state index in [9.17, 15) is 14.7 Å². The van der Waals surface area contributed by atoms with Crippen molar-refractivity contribution in [1.29, 1.82) is 0 Å². The summed E-state index contributed by atoms with van der Waals surface area (Å²) in [5.74, 6) is 0.152. The maximum atomic E-state index is 13.2. The molecule has 6 heteroatoms. The lowest BCUT2D eigenvalue weighted by Gasteiger charge is -2.44. The van der Waals surface area contributed by atoms with Crippen LogP contribution >= 0.6 is 11.6 Å². The summed E-state index contributed by atoms with van der Waals surface area (Å²) < 4.78 is 0. The Kier molecular flexibility index (Phi) is 4.14. The molecule has 1 unspecified atom stereocenters. The van der Waals surface area contributed by atoms with Gasteiger partial charge in [0.2, 0.25) is 11.8 Å². The van der Waals surface area contributed by atoms with Gasteiger partial charge in [0, 0.05) is 19.1 Å². The van der Waals surface area contributed by atoms with Gasteiger partial charge in [0.25, 0.3) is 0 Å². The summed E-state index contributed by atoms with van der Waals surface area (Å²) in [6.45, 7) is 1.48. The van der Waals surface area contributed by atoms with Gasteiger partial charge < -0.3 is 14.9 Å². The fraction of sp³-hybridized carbons (Fsp3) is 0.579. The number of nitrogens with zero attached hydrogens (tertiary/aromatic N) is 2. The van der Waals surface area contributed by atoms with Crippen LogP contribution in [-0.2, 0) is 16.0 Å². The molecular weight excluding hydrogens is 340 g/mol. The molecule has 1 aromatic rings. The van der Waals surface area contributed by atoms with Crippen molar-refractivity contribution >= 4 is 23.4 Å². The number of carbonyl (C=O) groups is 2. The Labute approximate surface area is 152 Å². The summed E-state index contributed by atoms with van der Waals surface area (Å²) in [6.07, 6.45) is 5.81.